The predicted molar refractivity (Wildman–Crippen MR) is 74.8 cm³/mol. The molecule has 110 valence electrons. The second-order valence-electron chi connectivity index (χ2n) is 5.53. The molecule has 1 unspecified atom stereocenters. The van der Waals surface area contributed by atoms with E-state index in [0.717, 1.165) is 44.0 Å². The molecular formula is C16H21F2NO. The average molecular weight is 281 g/mol. The number of carbonyl (C=O) groups is 1. The zero-order valence-corrected chi connectivity index (χ0v) is 11.9. The molecule has 20 heavy (non-hydrogen) atoms. The van der Waals surface area contributed by atoms with Gasteiger partial charge in [-0.15, -0.1) is 0 Å². The number of rotatable bonds is 4. The second-order valence-corrected chi connectivity index (χ2v) is 5.53. The quantitative estimate of drug-likeness (QED) is 0.785. The first-order valence-electron chi connectivity index (χ1n) is 7.30. The normalized spacial score (nSPS) is 20.6. The summed E-state index contributed by atoms with van der Waals surface area (Å²) in [4.78, 5) is 14.2. The van der Waals surface area contributed by atoms with Crippen LogP contribution in [0.15, 0.2) is 18.2 Å². The first-order valence-corrected chi connectivity index (χ1v) is 7.30. The number of benzene rings is 1. The highest BCUT2D eigenvalue weighted by Gasteiger charge is 2.19. The molecule has 1 aliphatic heterocycles. The summed E-state index contributed by atoms with van der Waals surface area (Å²) in [5.74, 6) is -1.27. The van der Waals surface area contributed by atoms with Gasteiger partial charge in [0.1, 0.15) is 0 Å². The van der Waals surface area contributed by atoms with Crippen molar-refractivity contribution in [2.45, 2.75) is 32.6 Å². The zero-order valence-electron chi connectivity index (χ0n) is 11.9. The number of halogens is 2. The summed E-state index contributed by atoms with van der Waals surface area (Å²) in [5.41, 5.74) is 0.250. The van der Waals surface area contributed by atoms with Crippen LogP contribution in [0.1, 0.15) is 43.0 Å². The minimum atomic E-state index is -0.960. The van der Waals surface area contributed by atoms with E-state index in [4.69, 9.17) is 0 Å². The van der Waals surface area contributed by atoms with Crippen molar-refractivity contribution in [1.29, 1.82) is 0 Å². The third-order valence-corrected chi connectivity index (χ3v) is 4.13. The average Bonchev–Trinajstić information content (AvgIpc) is 2.67. The van der Waals surface area contributed by atoms with Gasteiger partial charge in [0.05, 0.1) is 6.54 Å². The van der Waals surface area contributed by atoms with E-state index in [0.29, 0.717) is 6.54 Å². The van der Waals surface area contributed by atoms with Gasteiger partial charge >= 0.3 is 0 Å². The number of ketones is 1. The molecule has 2 rings (SSSR count). The number of hydrogen-bond acceptors (Lipinski definition) is 2. The van der Waals surface area contributed by atoms with E-state index in [2.05, 4.69) is 11.8 Å². The van der Waals surface area contributed by atoms with Crippen molar-refractivity contribution >= 4 is 5.78 Å². The topological polar surface area (TPSA) is 20.3 Å². The van der Waals surface area contributed by atoms with Crippen LogP contribution in [-0.4, -0.2) is 30.3 Å². The predicted octanol–water partition coefficient (Wildman–Crippen LogP) is 3.66. The molecule has 1 fully saturated rings. The minimum Gasteiger partial charge on any atom is -0.296 e. The van der Waals surface area contributed by atoms with E-state index in [9.17, 15) is 13.6 Å². The van der Waals surface area contributed by atoms with Crippen LogP contribution in [0, 0.1) is 17.6 Å². The molecule has 0 bridgehead atoms. The largest absolute Gasteiger partial charge is 0.296 e. The summed E-state index contributed by atoms with van der Waals surface area (Å²) in [5, 5.41) is 0. The van der Waals surface area contributed by atoms with Crippen molar-refractivity contribution in [2.75, 3.05) is 19.6 Å². The molecule has 0 saturated carbocycles. The van der Waals surface area contributed by atoms with Gasteiger partial charge in [-0.25, -0.2) is 8.78 Å². The lowest BCUT2D eigenvalue weighted by Gasteiger charge is -2.19. The number of nitrogens with zero attached hydrogens (tertiary/aromatic N) is 1. The second kappa shape index (κ2) is 6.93. The summed E-state index contributed by atoms with van der Waals surface area (Å²) >= 11 is 0. The van der Waals surface area contributed by atoms with Crippen LogP contribution in [-0.2, 0) is 0 Å². The zero-order chi connectivity index (χ0) is 14.5. The summed E-state index contributed by atoms with van der Waals surface area (Å²) in [6, 6.07) is 3.36. The number of likely N-dealkylation sites (tertiary alicyclic amines) is 1. The Morgan fingerprint density at radius 2 is 2.05 bits per heavy atom. The lowest BCUT2D eigenvalue weighted by molar-refractivity contribution is 0.0931. The van der Waals surface area contributed by atoms with Crippen LogP contribution in [0.3, 0.4) is 0 Å². The van der Waals surface area contributed by atoms with Crippen molar-refractivity contribution in [1.82, 2.24) is 4.90 Å². The summed E-state index contributed by atoms with van der Waals surface area (Å²) < 4.78 is 26.0. The Morgan fingerprint density at radius 3 is 2.75 bits per heavy atom. The third kappa shape index (κ3) is 3.85. The smallest absolute Gasteiger partial charge is 0.176 e. The van der Waals surface area contributed by atoms with Crippen molar-refractivity contribution in [3.63, 3.8) is 0 Å². The van der Waals surface area contributed by atoms with E-state index in [1.807, 2.05) is 0 Å². The minimum absolute atomic E-state index is 0.140. The fourth-order valence-electron chi connectivity index (χ4n) is 2.76. The molecular weight excluding hydrogens is 260 g/mol. The fraction of sp³-hybridized carbons (Fsp3) is 0.562. The monoisotopic (exact) mass is 281 g/mol. The van der Waals surface area contributed by atoms with Crippen LogP contribution < -0.4 is 0 Å². The van der Waals surface area contributed by atoms with Gasteiger partial charge in [-0.1, -0.05) is 13.3 Å². The van der Waals surface area contributed by atoms with Gasteiger partial charge in [0.2, 0.25) is 0 Å². The Bertz CT molecular complexity index is 476. The Labute approximate surface area is 118 Å². The Kier molecular flexibility index (Phi) is 5.24. The summed E-state index contributed by atoms with van der Waals surface area (Å²) in [6.07, 6.45) is 4.61. The molecule has 0 amide bonds. The highest BCUT2D eigenvalue weighted by molar-refractivity contribution is 5.97. The van der Waals surface area contributed by atoms with Crippen LogP contribution in [0.5, 0.6) is 0 Å². The first kappa shape index (κ1) is 15.1. The molecule has 4 heteroatoms. The highest BCUT2D eigenvalue weighted by Crippen LogP contribution is 2.20. The van der Waals surface area contributed by atoms with Crippen molar-refractivity contribution in [3.05, 3.63) is 35.4 Å². The van der Waals surface area contributed by atoms with E-state index >= 15 is 0 Å². The van der Waals surface area contributed by atoms with E-state index < -0.39 is 11.6 Å². The van der Waals surface area contributed by atoms with E-state index in [-0.39, 0.29) is 11.3 Å². The van der Waals surface area contributed by atoms with Crippen LogP contribution in [0.2, 0.25) is 0 Å². The van der Waals surface area contributed by atoms with Gasteiger partial charge < -0.3 is 0 Å². The molecule has 0 radical (unpaired) electrons. The molecule has 0 aliphatic carbocycles. The standard InChI is InChI=1S/C16H21F2NO/c1-2-12-4-3-8-19(9-7-12)11-16(20)13-5-6-14(17)15(18)10-13/h5-6,10,12H,2-4,7-9,11H2,1H3. The van der Waals surface area contributed by atoms with E-state index in [1.165, 1.54) is 18.9 Å². The number of Topliss-reactive ketones (excluding diaryl/α,β-unsaturated/α-hetero) is 1. The van der Waals surface area contributed by atoms with Gasteiger partial charge in [0, 0.05) is 5.56 Å². The van der Waals surface area contributed by atoms with Crippen molar-refractivity contribution in [2.24, 2.45) is 5.92 Å². The van der Waals surface area contributed by atoms with Crippen LogP contribution in [0.4, 0.5) is 8.78 Å². The van der Waals surface area contributed by atoms with Crippen molar-refractivity contribution in [3.8, 4) is 0 Å². The number of carbonyl (C=O) groups excluding carboxylic acids is 1. The maximum atomic E-state index is 13.1. The lowest BCUT2D eigenvalue weighted by atomic mass is 9.98. The van der Waals surface area contributed by atoms with Crippen LogP contribution >= 0.6 is 0 Å². The molecule has 1 aromatic rings. The molecule has 1 heterocycles. The molecule has 1 aromatic carbocycles. The van der Waals surface area contributed by atoms with E-state index in [1.54, 1.807) is 0 Å². The summed E-state index contributed by atoms with van der Waals surface area (Å²) in [6.45, 7) is 4.31. The first-order chi connectivity index (χ1) is 9.60. The Hall–Kier alpha value is -1.29. The van der Waals surface area contributed by atoms with Gasteiger partial charge in [-0.2, -0.15) is 0 Å². The SMILES string of the molecule is CCC1CCCN(CC(=O)c2ccc(F)c(F)c2)CC1. The third-order valence-electron chi connectivity index (χ3n) is 4.13. The Morgan fingerprint density at radius 1 is 1.25 bits per heavy atom. The molecule has 1 aliphatic rings. The van der Waals surface area contributed by atoms with Gasteiger partial charge in [0.15, 0.2) is 17.4 Å². The molecule has 0 aromatic heterocycles. The molecule has 2 nitrogen and oxygen atoms in total. The Balaban J connectivity index is 1.95. The number of hydrogen-bond donors (Lipinski definition) is 0. The van der Waals surface area contributed by atoms with Gasteiger partial charge in [0.25, 0.3) is 0 Å². The fourth-order valence-corrected chi connectivity index (χ4v) is 2.76. The molecule has 0 N–H and O–H groups in total. The highest BCUT2D eigenvalue weighted by atomic mass is 19.2. The molecule has 1 saturated heterocycles. The maximum absolute atomic E-state index is 13.1. The van der Waals surface area contributed by atoms with Crippen molar-refractivity contribution < 1.29 is 13.6 Å². The lowest BCUT2D eigenvalue weighted by Crippen LogP contribution is -2.31. The molecule has 0 spiro atoms. The van der Waals surface area contributed by atoms with Crippen LogP contribution in [0.25, 0.3) is 0 Å². The van der Waals surface area contributed by atoms with Gasteiger partial charge in [-0.05, 0) is 56.5 Å². The van der Waals surface area contributed by atoms with Gasteiger partial charge in [-0.3, -0.25) is 9.69 Å². The summed E-state index contributed by atoms with van der Waals surface area (Å²) in [7, 11) is 0. The molecule has 1 atom stereocenters. The maximum Gasteiger partial charge on any atom is 0.176 e.